The number of halogens is 9. The quantitative estimate of drug-likeness (QED) is 0.0230. The van der Waals surface area contributed by atoms with Crippen molar-refractivity contribution >= 4 is 22.7 Å². The average Bonchev–Trinajstić information content (AvgIpc) is 3.32. The van der Waals surface area contributed by atoms with Gasteiger partial charge in [-0.15, -0.1) is 0 Å². The smallest absolute Gasteiger partial charge is 0.423 e. The third-order valence-corrected chi connectivity index (χ3v) is 11.5. The van der Waals surface area contributed by atoms with Crippen molar-refractivity contribution in [1.29, 1.82) is 0 Å². The van der Waals surface area contributed by atoms with Crippen LogP contribution in [-0.4, -0.2) is 31.1 Å². The Bertz CT molecular complexity index is 2060. The molecule has 0 atom stereocenters. The van der Waals surface area contributed by atoms with Crippen molar-refractivity contribution in [2.24, 2.45) is 0 Å². The monoisotopic (exact) mass is 1250 g/mol. The van der Waals surface area contributed by atoms with E-state index in [1.807, 2.05) is 38.1 Å². The fourth-order valence-corrected chi connectivity index (χ4v) is 6.49. The van der Waals surface area contributed by atoms with E-state index in [0.717, 1.165) is 37.0 Å². The van der Waals surface area contributed by atoms with Crippen molar-refractivity contribution in [3.8, 4) is 16.9 Å². The molecule has 0 saturated heterocycles. The summed E-state index contributed by atoms with van der Waals surface area (Å²) in [7, 11) is -7.46. The summed E-state index contributed by atoms with van der Waals surface area (Å²) in [6.45, 7) is 27.3. The second-order valence-electron chi connectivity index (χ2n) is 17.2. The maximum absolute atomic E-state index is 14.1. The Balaban J connectivity index is -0.000000198. The molecule has 4 aromatic rings. The van der Waals surface area contributed by atoms with Crippen LogP contribution in [0, 0.1) is 53.2 Å². The van der Waals surface area contributed by atoms with Crippen molar-refractivity contribution in [1.82, 2.24) is 0 Å². The Labute approximate surface area is 553 Å². The van der Waals surface area contributed by atoms with Crippen LogP contribution < -0.4 is 126 Å². The summed E-state index contributed by atoms with van der Waals surface area (Å²) in [6, 6.07) is 18.6. The Kier molecular flexibility index (Phi) is 60.2. The zero-order chi connectivity index (χ0) is 56.6. The minimum atomic E-state index is -6.11. The topological polar surface area (TPSA) is 83.8 Å². The Morgan fingerprint density at radius 2 is 0.868 bits per heavy atom. The molecule has 76 heavy (non-hydrogen) atoms. The molecule has 0 aliphatic rings. The van der Waals surface area contributed by atoms with Crippen molar-refractivity contribution < 1.29 is 179 Å². The second kappa shape index (κ2) is 52.7. The maximum atomic E-state index is 14.1. The number of hydrogen-bond acceptors (Lipinski definition) is 5. The van der Waals surface area contributed by atoms with Gasteiger partial charge in [0, 0.05) is 5.56 Å². The first-order valence-electron chi connectivity index (χ1n) is 25.6. The summed E-state index contributed by atoms with van der Waals surface area (Å²) in [5.74, 6) is -4.10. The molecule has 0 saturated carbocycles. The summed E-state index contributed by atoms with van der Waals surface area (Å²) in [5, 5.41) is 17.3. The van der Waals surface area contributed by atoms with Gasteiger partial charge < -0.3 is 28.1 Å². The summed E-state index contributed by atoms with van der Waals surface area (Å²) < 4.78 is 139. The molecule has 0 heterocycles. The summed E-state index contributed by atoms with van der Waals surface area (Å²) in [4.78, 5) is 0. The number of aryl methyl sites for hydroxylation is 4. The molecular formula is C58H90BF9O5Rb2S. The van der Waals surface area contributed by atoms with Gasteiger partial charge in [0.1, 0.15) is 5.82 Å². The Morgan fingerprint density at radius 1 is 0.526 bits per heavy atom. The van der Waals surface area contributed by atoms with Crippen LogP contribution in [0.15, 0.2) is 72.8 Å². The van der Waals surface area contributed by atoms with E-state index in [-0.39, 0.29) is 140 Å². The summed E-state index contributed by atoms with van der Waals surface area (Å²) in [6.07, 6.45) is 18.1. The number of hydrogen-bond donors (Lipinski definition) is 2. The minimum absolute atomic E-state index is 0. The van der Waals surface area contributed by atoms with Crippen LogP contribution in [0.25, 0.3) is 11.1 Å². The first-order valence-corrected chi connectivity index (χ1v) is 27.0. The molecule has 0 fully saturated rings. The normalized spacial score (nSPS) is 10.2. The molecule has 0 aliphatic heterocycles. The van der Waals surface area contributed by atoms with Crippen molar-refractivity contribution in [2.45, 2.75) is 211 Å². The van der Waals surface area contributed by atoms with Gasteiger partial charge in [0.05, 0.1) is 11.1 Å². The molecule has 0 unspecified atom stereocenters. The van der Waals surface area contributed by atoms with E-state index in [1.54, 1.807) is 30.3 Å². The molecule has 0 radical (unpaired) electrons. The number of rotatable bonds is 20. The molecule has 0 amide bonds. The van der Waals surface area contributed by atoms with Gasteiger partial charge in [-0.25, -0.2) is 26.3 Å². The van der Waals surface area contributed by atoms with Gasteiger partial charge in [-0.05, 0) is 55.9 Å². The van der Waals surface area contributed by atoms with Crippen molar-refractivity contribution in [3.63, 3.8) is 0 Å². The SMILES string of the molecule is C.CCCCCC.CCCCCCCC.Cc1ccc(-c2ccc(C)c(C(F)F)c2F)cc1.Cc1ccc(B(O)O)cc1.Cc1ccc(OS(=O)(=O)C(F)(F)F)c(F)c1C(F)F.[CH2-]CCCC.[CH2-]CCCCCC.[Rb+].[Rb+]. The first kappa shape index (κ1) is 86.8. The number of alkyl halides is 7. The predicted octanol–water partition coefficient (Wildman–Crippen LogP) is 13.4. The van der Waals surface area contributed by atoms with Crippen molar-refractivity contribution in [2.75, 3.05) is 0 Å². The number of benzene rings is 4. The molecular weight excluding hydrogens is 1160 g/mol. The van der Waals surface area contributed by atoms with Gasteiger partial charge in [0.25, 0.3) is 12.9 Å². The van der Waals surface area contributed by atoms with E-state index in [9.17, 15) is 47.9 Å². The summed E-state index contributed by atoms with van der Waals surface area (Å²) >= 11 is 0. The standard InChI is InChI=1S/C15H13F3.C9H6F6O3S.C8H18.C7H9BO2.C7H15.C6H14.C5H11.CH4.2Rb/c1-9-3-6-11(7-4-9)12-8-5-10(2)13(14(12)16)15(17)18;1-4-2-3-5(7(10)6(4)8(11)12)18-19(16,17)9(13,14)15;1-3-5-7-8-6-4-2;1-6-2-4-7(5-3-6)8(9)10;1-3-5-7-6-4-2;1-3-5-6-4-2;1-3-5-4-2;;;/h3-8,15H,1-2H3;2-3,8H,1H3;3-8H2,1-2H3;2-5,9-10H,1H3;1,3-7H2,2H3;3-6H2,1-2H3;1,3-5H2,2H3;1H4;;/q;;;;-1;;-1;;2*+1. The summed E-state index contributed by atoms with van der Waals surface area (Å²) in [5.41, 5.74) is -3.95. The Morgan fingerprint density at radius 3 is 1.20 bits per heavy atom. The van der Waals surface area contributed by atoms with E-state index >= 15 is 0 Å². The van der Waals surface area contributed by atoms with Crippen LogP contribution in [0.4, 0.5) is 39.5 Å². The van der Waals surface area contributed by atoms with Gasteiger partial charge in [-0.1, -0.05) is 230 Å². The van der Waals surface area contributed by atoms with Crippen LogP contribution in [0.3, 0.4) is 0 Å². The Hall–Kier alpha value is -0.405. The third-order valence-electron chi connectivity index (χ3n) is 10.5. The second-order valence-corrected chi connectivity index (χ2v) is 18.8. The van der Waals surface area contributed by atoms with E-state index in [2.05, 4.69) is 59.6 Å². The van der Waals surface area contributed by atoms with Gasteiger partial charge in [0.2, 0.25) is 0 Å². The molecule has 4 aromatic carbocycles. The molecule has 426 valence electrons. The van der Waals surface area contributed by atoms with Gasteiger partial charge in [-0.3, -0.25) is 0 Å². The van der Waals surface area contributed by atoms with Crippen molar-refractivity contribution in [3.05, 3.63) is 132 Å². The van der Waals surface area contributed by atoms with Crippen LogP contribution in [0.5, 0.6) is 5.75 Å². The van der Waals surface area contributed by atoms with Gasteiger partial charge in [-0.2, -0.15) is 34.4 Å². The number of unbranched alkanes of at least 4 members (excludes halogenated alkanes) is 14. The van der Waals surface area contributed by atoms with Crippen LogP contribution in [0.1, 0.15) is 211 Å². The molecule has 18 heteroatoms. The van der Waals surface area contributed by atoms with Crippen LogP contribution in [0.2, 0.25) is 0 Å². The average molecular weight is 1250 g/mol. The minimum Gasteiger partial charge on any atom is -0.423 e. The molecule has 0 spiro atoms. The van der Waals surface area contributed by atoms with Gasteiger partial charge in [0.15, 0.2) is 11.6 Å². The van der Waals surface area contributed by atoms with Gasteiger partial charge >= 0.3 is 139 Å². The van der Waals surface area contributed by atoms with E-state index in [4.69, 9.17) is 10.0 Å². The molecule has 2 N–H and O–H groups in total. The van der Waals surface area contributed by atoms with E-state index in [0.29, 0.717) is 17.1 Å². The van der Waals surface area contributed by atoms with Crippen LogP contribution in [-0.2, 0) is 10.1 Å². The fourth-order valence-electron chi connectivity index (χ4n) is 6.03. The fraction of sp³-hybridized carbons (Fsp3) is 0.552. The largest absolute Gasteiger partial charge is 1.00 e. The molecule has 4 rings (SSSR count). The maximum Gasteiger partial charge on any atom is 1.00 e. The third kappa shape index (κ3) is 40.7. The first-order chi connectivity index (χ1) is 34.3. The molecule has 0 aliphatic carbocycles. The van der Waals surface area contributed by atoms with E-state index in [1.165, 1.54) is 116 Å². The zero-order valence-electron chi connectivity index (χ0n) is 47.2. The predicted molar refractivity (Wildman–Crippen MR) is 294 cm³/mol. The van der Waals surface area contributed by atoms with Crippen LogP contribution >= 0.6 is 0 Å². The molecule has 0 bridgehead atoms. The molecule has 0 aromatic heterocycles. The molecule has 5 nitrogen and oxygen atoms in total. The van der Waals surface area contributed by atoms with E-state index < -0.39 is 64.1 Å². The zero-order valence-corrected chi connectivity index (χ0v) is 57.9.